The first-order chi connectivity index (χ1) is 9.60. The first kappa shape index (κ1) is 14.9. The topological polar surface area (TPSA) is 41.1 Å². The second-order valence-electron chi connectivity index (χ2n) is 6.10. The van der Waals surface area contributed by atoms with Crippen molar-refractivity contribution < 1.29 is 4.79 Å². The van der Waals surface area contributed by atoms with E-state index in [4.69, 9.17) is 0 Å². The molecule has 1 aliphatic carbocycles. The minimum absolute atomic E-state index is 0.0558. The predicted octanol–water partition coefficient (Wildman–Crippen LogP) is 3.21. The molecule has 1 saturated carbocycles. The van der Waals surface area contributed by atoms with Crippen LogP contribution in [0.15, 0.2) is 24.3 Å². The first-order valence-electron chi connectivity index (χ1n) is 7.66. The highest BCUT2D eigenvalue weighted by atomic mass is 16.1. The summed E-state index contributed by atoms with van der Waals surface area (Å²) >= 11 is 0. The normalized spacial score (nSPS) is 26.1. The van der Waals surface area contributed by atoms with Crippen LogP contribution in [0.1, 0.15) is 38.7 Å². The third-order valence-corrected chi connectivity index (χ3v) is 4.48. The summed E-state index contributed by atoms with van der Waals surface area (Å²) in [7, 11) is 1.67. The van der Waals surface area contributed by atoms with Crippen molar-refractivity contribution in [3.8, 4) is 0 Å². The highest BCUT2D eigenvalue weighted by Gasteiger charge is 2.27. The molecule has 3 heteroatoms. The van der Waals surface area contributed by atoms with E-state index in [1.165, 1.54) is 19.3 Å². The van der Waals surface area contributed by atoms with Crippen LogP contribution in [0.2, 0.25) is 0 Å². The number of rotatable bonds is 4. The summed E-state index contributed by atoms with van der Waals surface area (Å²) in [6, 6.07) is 8.82. The van der Waals surface area contributed by atoms with Crippen LogP contribution in [0, 0.1) is 11.8 Å². The molecule has 2 N–H and O–H groups in total. The zero-order valence-electron chi connectivity index (χ0n) is 12.8. The summed E-state index contributed by atoms with van der Waals surface area (Å²) in [5.41, 5.74) is 2.22. The average molecular weight is 274 g/mol. The van der Waals surface area contributed by atoms with Crippen LogP contribution in [0.5, 0.6) is 0 Å². The Balaban J connectivity index is 1.97. The molecule has 3 nitrogen and oxygen atoms in total. The number of hydrogen-bond donors (Lipinski definition) is 2. The van der Waals surface area contributed by atoms with E-state index in [2.05, 4.69) is 36.6 Å². The number of likely N-dealkylation sites (N-methyl/N-ethyl adjacent to an activating group) is 1. The van der Waals surface area contributed by atoms with Crippen molar-refractivity contribution in [3.05, 3.63) is 29.8 Å². The fourth-order valence-electron chi connectivity index (χ4n) is 3.15. The molecule has 20 heavy (non-hydrogen) atoms. The molecule has 0 radical (unpaired) electrons. The lowest BCUT2D eigenvalue weighted by Crippen LogP contribution is -2.37. The molecule has 0 aromatic heterocycles. The van der Waals surface area contributed by atoms with Gasteiger partial charge in [0.25, 0.3) is 0 Å². The molecule has 0 heterocycles. The van der Waals surface area contributed by atoms with Crippen molar-refractivity contribution in [3.63, 3.8) is 0 Å². The second kappa shape index (κ2) is 6.78. The number of nitrogens with one attached hydrogen (secondary N) is 2. The van der Waals surface area contributed by atoms with Gasteiger partial charge < -0.3 is 10.6 Å². The van der Waals surface area contributed by atoms with Crippen LogP contribution in [0.25, 0.3) is 0 Å². The lowest BCUT2D eigenvalue weighted by molar-refractivity contribution is -0.119. The highest BCUT2D eigenvalue weighted by molar-refractivity contribution is 5.78. The molecule has 110 valence electrons. The Morgan fingerprint density at radius 1 is 1.15 bits per heavy atom. The van der Waals surface area contributed by atoms with Crippen molar-refractivity contribution in [2.75, 3.05) is 12.4 Å². The predicted molar refractivity (Wildman–Crippen MR) is 83.8 cm³/mol. The van der Waals surface area contributed by atoms with Crippen molar-refractivity contribution in [1.82, 2.24) is 5.32 Å². The lowest BCUT2D eigenvalue weighted by atomic mass is 9.78. The molecule has 1 aromatic carbocycles. The Labute approximate surface area is 122 Å². The quantitative estimate of drug-likeness (QED) is 0.885. The standard InChI is InChI=1S/C17H26N2O/c1-12-5-4-6-13(2)17(12)19-15-9-7-14(8-10-15)11-16(20)18-3/h7-10,12-13,17,19H,4-6,11H2,1-3H3,(H,18,20). The fourth-order valence-corrected chi connectivity index (χ4v) is 3.15. The highest BCUT2D eigenvalue weighted by Crippen LogP contribution is 2.31. The van der Waals surface area contributed by atoms with Gasteiger partial charge in [-0.2, -0.15) is 0 Å². The van der Waals surface area contributed by atoms with Crippen LogP contribution in [-0.2, 0) is 11.2 Å². The van der Waals surface area contributed by atoms with Gasteiger partial charge in [-0.3, -0.25) is 4.79 Å². The summed E-state index contributed by atoms with van der Waals surface area (Å²) in [6.07, 6.45) is 4.44. The van der Waals surface area contributed by atoms with Crippen molar-refractivity contribution in [2.45, 2.75) is 45.6 Å². The van der Waals surface area contributed by atoms with Gasteiger partial charge in [-0.1, -0.05) is 32.4 Å². The van der Waals surface area contributed by atoms with Gasteiger partial charge in [0.15, 0.2) is 0 Å². The minimum atomic E-state index is 0.0558. The SMILES string of the molecule is CNC(=O)Cc1ccc(NC2C(C)CCCC2C)cc1. The maximum atomic E-state index is 11.3. The van der Waals surface area contributed by atoms with E-state index in [9.17, 15) is 4.79 Å². The Kier molecular flexibility index (Phi) is 5.05. The third kappa shape index (κ3) is 3.75. The number of anilines is 1. The molecule has 1 amide bonds. The van der Waals surface area contributed by atoms with E-state index in [1.54, 1.807) is 7.05 Å². The zero-order chi connectivity index (χ0) is 14.5. The van der Waals surface area contributed by atoms with Gasteiger partial charge in [0.05, 0.1) is 6.42 Å². The molecule has 1 aliphatic rings. The van der Waals surface area contributed by atoms with E-state index in [0.717, 1.165) is 23.1 Å². The van der Waals surface area contributed by atoms with Crippen molar-refractivity contribution in [2.24, 2.45) is 11.8 Å². The van der Waals surface area contributed by atoms with E-state index < -0.39 is 0 Å². The Morgan fingerprint density at radius 2 is 1.75 bits per heavy atom. The molecule has 0 aliphatic heterocycles. The van der Waals surface area contributed by atoms with Gasteiger partial charge in [0, 0.05) is 18.8 Å². The molecule has 0 spiro atoms. The number of hydrogen-bond acceptors (Lipinski definition) is 2. The van der Waals surface area contributed by atoms with Gasteiger partial charge in [-0.25, -0.2) is 0 Å². The number of amides is 1. The maximum absolute atomic E-state index is 11.3. The van der Waals surface area contributed by atoms with E-state index in [1.807, 2.05) is 12.1 Å². The van der Waals surface area contributed by atoms with Crippen LogP contribution < -0.4 is 10.6 Å². The Hall–Kier alpha value is -1.51. The smallest absolute Gasteiger partial charge is 0.224 e. The zero-order valence-corrected chi connectivity index (χ0v) is 12.8. The van der Waals surface area contributed by atoms with E-state index >= 15 is 0 Å². The second-order valence-corrected chi connectivity index (χ2v) is 6.10. The number of carbonyl (C=O) groups is 1. The fraction of sp³-hybridized carbons (Fsp3) is 0.588. The third-order valence-electron chi connectivity index (χ3n) is 4.48. The van der Waals surface area contributed by atoms with Gasteiger partial charge in [-0.05, 0) is 42.4 Å². The van der Waals surface area contributed by atoms with Gasteiger partial charge in [0.2, 0.25) is 5.91 Å². The van der Waals surface area contributed by atoms with Gasteiger partial charge in [-0.15, -0.1) is 0 Å². The molecule has 1 fully saturated rings. The molecule has 0 saturated heterocycles. The summed E-state index contributed by atoms with van der Waals surface area (Å²) in [6.45, 7) is 4.68. The van der Waals surface area contributed by atoms with E-state index in [-0.39, 0.29) is 5.91 Å². The summed E-state index contributed by atoms with van der Waals surface area (Å²) < 4.78 is 0. The van der Waals surface area contributed by atoms with Crippen LogP contribution >= 0.6 is 0 Å². The molecule has 0 bridgehead atoms. The lowest BCUT2D eigenvalue weighted by Gasteiger charge is -2.36. The summed E-state index contributed by atoms with van der Waals surface area (Å²) in [5.74, 6) is 1.51. The average Bonchev–Trinajstić information content (AvgIpc) is 2.44. The number of benzene rings is 1. The summed E-state index contributed by atoms with van der Waals surface area (Å²) in [5, 5.41) is 6.33. The van der Waals surface area contributed by atoms with Crippen LogP contribution in [0.4, 0.5) is 5.69 Å². The monoisotopic (exact) mass is 274 g/mol. The Morgan fingerprint density at radius 3 is 2.30 bits per heavy atom. The largest absolute Gasteiger partial charge is 0.382 e. The van der Waals surface area contributed by atoms with Crippen molar-refractivity contribution in [1.29, 1.82) is 0 Å². The number of carbonyl (C=O) groups excluding carboxylic acids is 1. The van der Waals surface area contributed by atoms with Crippen molar-refractivity contribution >= 4 is 11.6 Å². The van der Waals surface area contributed by atoms with Crippen LogP contribution in [-0.4, -0.2) is 19.0 Å². The van der Waals surface area contributed by atoms with Crippen LogP contribution in [0.3, 0.4) is 0 Å². The molecule has 2 atom stereocenters. The molecule has 2 rings (SSSR count). The molecular weight excluding hydrogens is 248 g/mol. The van der Waals surface area contributed by atoms with E-state index in [0.29, 0.717) is 12.5 Å². The summed E-state index contributed by atoms with van der Waals surface area (Å²) in [4.78, 5) is 11.3. The van der Waals surface area contributed by atoms with Gasteiger partial charge >= 0.3 is 0 Å². The minimum Gasteiger partial charge on any atom is -0.382 e. The maximum Gasteiger partial charge on any atom is 0.224 e. The first-order valence-corrected chi connectivity index (χ1v) is 7.66. The van der Waals surface area contributed by atoms with Gasteiger partial charge in [0.1, 0.15) is 0 Å². The molecule has 1 aromatic rings. The molecular formula is C17H26N2O. The molecule has 2 unspecified atom stereocenters. The Bertz CT molecular complexity index is 431.